The normalized spacial score (nSPS) is 20.6. The van der Waals surface area contributed by atoms with Gasteiger partial charge in [-0.3, -0.25) is 9.69 Å². The van der Waals surface area contributed by atoms with E-state index in [0.29, 0.717) is 26.2 Å². The summed E-state index contributed by atoms with van der Waals surface area (Å²) in [6, 6.07) is 7.72. The number of nitrogens with zero attached hydrogens (tertiary/aromatic N) is 2. The van der Waals surface area contributed by atoms with Crippen LogP contribution in [0.25, 0.3) is 0 Å². The molecule has 6 nitrogen and oxygen atoms in total. The molecular weight excluding hydrogens is 318 g/mol. The van der Waals surface area contributed by atoms with Crippen LogP contribution in [0, 0.1) is 5.92 Å². The maximum atomic E-state index is 13.1. The van der Waals surface area contributed by atoms with Gasteiger partial charge in [0, 0.05) is 25.6 Å². The summed E-state index contributed by atoms with van der Waals surface area (Å²) in [5, 5.41) is 2.88. The molecule has 0 spiro atoms. The van der Waals surface area contributed by atoms with Crippen LogP contribution in [0.15, 0.2) is 24.3 Å². The number of amides is 3. The molecule has 1 unspecified atom stereocenters. The van der Waals surface area contributed by atoms with Crippen LogP contribution in [0.1, 0.15) is 33.1 Å². The summed E-state index contributed by atoms with van der Waals surface area (Å²) in [4.78, 5) is 28.8. The van der Waals surface area contributed by atoms with Crippen molar-refractivity contribution in [2.24, 2.45) is 5.92 Å². The molecule has 1 aromatic rings. The number of nitrogens with one attached hydrogen (secondary N) is 1. The molecule has 25 heavy (non-hydrogen) atoms. The average molecular weight is 345 g/mol. The third kappa shape index (κ3) is 3.72. The molecule has 0 radical (unpaired) electrons. The van der Waals surface area contributed by atoms with Gasteiger partial charge >= 0.3 is 6.03 Å². The Hall–Kier alpha value is -2.24. The van der Waals surface area contributed by atoms with Crippen LogP contribution in [0.2, 0.25) is 0 Å². The fraction of sp³-hybridized carbons (Fsp3) is 0.579. The topological polar surface area (TPSA) is 61.9 Å². The zero-order valence-corrected chi connectivity index (χ0v) is 15.0. The molecule has 1 fully saturated rings. The number of hydrogen-bond acceptors (Lipinski definition) is 3. The number of benzene rings is 1. The van der Waals surface area contributed by atoms with Crippen molar-refractivity contribution in [2.45, 2.75) is 39.2 Å². The van der Waals surface area contributed by atoms with Gasteiger partial charge in [-0.1, -0.05) is 19.1 Å². The van der Waals surface area contributed by atoms with Crippen molar-refractivity contribution in [3.63, 3.8) is 0 Å². The lowest BCUT2D eigenvalue weighted by Gasteiger charge is -2.39. The second kappa shape index (κ2) is 7.76. The Kier molecular flexibility index (Phi) is 5.46. The number of anilines is 1. The van der Waals surface area contributed by atoms with Crippen molar-refractivity contribution in [3.8, 4) is 5.75 Å². The Labute approximate surface area is 149 Å². The standard InChI is InChI=1S/C19H27N3O3/c1-3-15-13-22(16-7-5-6-8-17(16)25-15)19(24)21-11-9-14(10-12-21)18(23)20-4-2/h5-8,14-15H,3-4,9-13H2,1-2H3,(H,20,23). The van der Waals surface area contributed by atoms with Crippen LogP contribution >= 0.6 is 0 Å². The highest BCUT2D eigenvalue weighted by molar-refractivity contribution is 5.94. The fourth-order valence-electron chi connectivity index (χ4n) is 3.51. The van der Waals surface area contributed by atoms with Crippen molar-refractivity contribution < 1.29 is 14.3 Å². The summed E-state index contributed by atoms with van der Waals surface area (Å²) in [6.07, 6.45) is 2.32. The number of carbonyl (C=O) groups excluding carboxylic acids is 2. The lowest BCUT2D eigenvalue weighted by Crippen LogP contribution is -2.52. The Balaban J connectivity index is 1.68. The summed E-state index contributed by atoms with van der Waals surface area (Å²) >= 11 is 0. The van der Waals surface area contributed by atoms with Crippen molar-refractivity contribution in [2.75, 3.05) is 31.1 Å². The third-order valence-corrected chi connectivity index (χ3v) is 5.01. The van der Waals surface area contributed by atoms with E-state index in [-0.39, 0.29) is 24.0 Å². The molecule has 0 aliphatic carbocycles. The van der Waals surface area contributed by atoms with Crippen LogP contribution in [-0.4, -0.2) is 49.1 Å². The summed E-state index contributed by atoms with van der Waals surface area (Å²) < 4.78 is 5.96. The third-order valence-electron chi connectivity index (χ3n) is 5.01. The molecular formula is C19H27N3O3. The van der Waals surface area contributed by atoms with E-state index in [1.165, 1.54) is 0 Å². The lowest BCUT2D eigenvalue weighted by molar-refractivity contribution is -0.126. The number of likely N-dealkylation sites (tertiary alicyclic amines) is 1. The number of hydrogen-bond donors (Lipinski definition) is 1. The summed E-state index contributed by atoms with van der Waals surface area (Å²) in [6.45, 7) is 6.47. The van der Waals surface area contributed by atoms with Gasteiger partial charge in [0.25, 0.3) is 0 Å². The van der Waals surface area contributed by atoms with Crippen LogP contribution in [0.3, 0.4) is 0 Å². The predicted molar refractivity (Wildman–Crippen MR) is 96.9 cm³/mol. The van der Waals surface area contributed by atoms with Crippen LogP contribution in [0.5, 0.6) is 5.75 Å². The molecule has 3 rings (SSSR count). The van der Waals surface area contributed by atoms with Crippen molar-refractivity contribution in [1.82, 2.24) is 10.2 Å². The van der Waals surface area contributed by atoms with Gasteiger partial charge in [-0.05, 0) is 38.3 Å². The van der Waals surface area contributed by atoms with Gasteiger partial charge in [0.05, 0.1) is 12.2 Å². The lowest BCUT2D eigenvalue weighted by atomic mass is 9.96. The average Bonchev–Trinajstić information content (AvgIpc) is 2.66. The number of urea groups is 1. The molecule has 2 aliphatic rings. The van der Waals surface area contributed by atoms with Gasteiger partial charge in [0.15, 0.2) is 0 Å². The van der Waals surface area contributed by atoms with Gasteiger partial charge < -0.3 is 15.0 Å². The molecule has 2 aliphatic heterocycles. The predicted octanol–water partition coefficient (Wildman–Crippen LogP) is 2.63. The Morgan fingerprint density at radius 2 is 1.92 bits per heavy atom. The number of fused-ring (bicyclic) bond motifs is 1. The van der Waals surface area contributed by atoms with Crippen molar-refractivity contribution >= 4 is 17.6 Å². The minimum absolute atomic E-state index is 0.0172. The Morgan fingerprint density at radius 1 is 1.20 bits per heavy atom. The maximum absolute atomic E-state index is 13.1. The molecule has 1 atom stereocenters. The minimum Gasteiger partial charge on any atom is -0.486 e. The van der Waals surface area contributed by atoms with Gasteiger partial charge in [-0.25, -0.2) is 4.79 Å². The van der Waals surface area contributed by atoms with E-state index in [2.05, 4.69) is 12.2 Å². The minimum atomic E-state index is 0.0172. The number of para-hydroxylation sites is 2. The SMILES string of the molecule is CCNC(=O)C1CCN(C(=O)N2CC(CC)Oc3ccccc32)CC1. The van der Waals surface area contributed by atoms with Crippen LogP contribution in [-0.2, 0) is 4.79 Å². The molecule has 0 bridgehead atoms. The first kappa shape index (κ1) is 17.6. The Morgan fingerprint density at radius 3 is 2.60 bits per heavy atom. The molecule has 0 aromatic heterocycles. The van der Waals surface area contributed by atoms with Crippen LogP contribution in [0.4, 0.5) is 10.5 Å². The Bertz CT molecular complexity index is 626. The largest absolute Gasteiger partial charge is 0.486 e. The smallest absolute Gasteiger partial charge is 0.324 e. The van der Waals surface area contributed by atoms with Crippen molar-refractivity contribution in [3.05, 3.63) is 24.3 Å². The molecule has 1 saturated heterocycles. The quantitative estimate of drug-likeness (QED) is 0.916. The summed E-state index contributed by atoms with van der Waals surface area (Å²) in [7, 11) is 0. The first-order valence-electron chi connectivity index (χ1n) is 9.23. The maximum Gasteiger partial charge on any atom is 0.324 e. The molecule has 2 heterocycles. The highest BCUT2D eigenvalue weighted by atomic mass is 16.5. The van der Waals surface area contributed by atoms with Gasteiger partial charge in [-0.2, -0.15) is 0 Å². The van der Waals surface area contributed by atoms with E-state index >= 15 is 0 Å². The molecule has 3 amide bonds. The molecule has 6 heteroatoms. The van der Waals surface area contributed by atoms with Crippen LogP contribution < -0.4 is 15.0 Å². The number of ether oxygens (including phenoxy) is 1. The zero-order chi connectivity index (χ0) is 17.8. The van der Waals surface area contributed by atoms with Gasteiger partial charge in [0.2, 0.25) is 5.91 Å². The summed E-state index contributed by atoms with van der Waals surface area (Å²) in [5.41, 5.74) is 0.836. The molecule has 1 aromatic carbocycles. The molecule has 136 valence electrons. The number of piperidine rings is 1. The van der Waals surface area contributed by atoms with Gasteiger partial charge in [0.1, 0.15) is 11.9 Å². The van der Waals surface area contributed by atoms with E-state index in [1.54, 1.807) is 0 Å². The van der Waals surface area contributed by atoms with E-state index < -0.39 is 0 Å². The molecule has 1 N–H and O–H groups in total. The first-order chi connectivity index (χ1) is 12.1. The second-order valence-corrected chi connectivity index (χ2v) is 6.66. The fourth-order valence-corrected chi connectivity index (χ4v) is 3.51. The van der Waals surface area contributed by atoms with E-state index in [0.717, 1.165) is 30.7 Å². The van der Waals surface area contributed by atoms with Crippen molar-refractivity contribution in [1.29, 1.82) is 0 Å². The van der Waals surface area contributed by atoms with Gasteiger partial charge in [-0.15, -0.1) is 0 Å². The van der Waals surface area contributed by atoms with E-state index in [9.17, 15) is 9.59 Å². The summed E-state index contributed by atoms with van der Waals surface area (Å²) in [5.74, 6) is 0.896. The first-order valence-corrected chi connectivity index (χ1v) is 9.23. The highest BCUT2D eigenvalue weighted by Crippen LogP contribution is 2.34. The van der Waals surface area contributed by atoms with E-state index in [1.807, 2.05) is 41.0 Å². The zero-order valence-electron chi connectivity index (χ0n) is 15.0. The van der Waals surface area contributed by atoms with E-state index in [4.69, 9.17) is 4.74 Å². The number of rotatable bonds is 3. The highest BCUT2D eigenvalue weighted by Gasteiger charge is 2.34. The second-order valence-electron chi connectivity index (χ2n) is 6.66. The monoisotopic (exact) mass is 345 g/mol. The molecule has 0 saturated carbocycles. The number of carbonyl (C=O) groups is 2.